The molecule has 0 fully saturated rings. The van der Waals surface area contributed by atoms with Gasteiger partial charge < -0.3 is 10.2 Å². The highest BCUT2D eigenvalue weighted by atomic mass is 31.0. The third-order valence-corrected chi connectivity index (χ3v) is 6.26. The van der Waals surface area contributed by atoms with Gasteiger partial charge in [0, 0.05) is 27.8 Å². The number of benzene rings is 3. The van der Waals surface area contributed by atoms with Crippen molar-refractivity contribution in [2.24, 2.45) is 0 Å². The van der Waals surface area contributed by atoms with Gasteiger partial charge >= 0.3 is 0 Å². The second-order valence-electron chi connectivity index (χ2n) is 10.7. The third kappa shape index (κ3) is 4.51. The van der Waals surface area contributed by atoms with Crippen LogP contribution in [0.2, 0.25) is 0 Å². The number of hydrogen-bond acceptors (Lipinski definition) is 2. The zero-order valence-electron chi connectivity index (χ0n) is 20.0. The Labute approximate surface area is 189 Å². The summed E-state index contributed by atoms with van der Waals surface area (Å²) in [4.78, 5) is 0. The lowest BCUT2D eigenvalue weighted by molar-refractivity contribution is 0.447. The smallest absolute Gasteiger partial charge is 0.127 e. The van der Waals surface area contributed by atoms with Crippen LogP contribution in [-0.2, 0) is 10.8 Å². The van der Waals surface area contributed by atoms with Crippen LogP contribution in [0.4, 0.5) is 0 Å². The summed E-state index contributed by atoms with van der Waals surface area (Å²) in [6.45, 7) is 16.8. The van der Waals surface area contributed by atoms with Crippen molar-refractivity contribution < 1.29 is 10.2 Å². The Kier molecular flexibility index (Phi) is 6.02. The van der Waals surface area contributed by atoms with Gasteiger partial charge in [-0.25, -0.2) is 0 Å². The van der Waals surface area contributed by atoms with Crippen molar-refractivity contribution in [1.29, 1.82) is 0 Å². The van der Waals surface area contributed by atoms with E-state index < -0.39 is 0 Å². The molecule has 0 spiro atoms. The summed E-state index contributed by atoms with van der Waals surface area (Å²) in [5.74, 6) is 0.607. The van der Waals surface area contributed by atoms with E-state index in [-0.39, 0.29) is 10.8 Å². The van der Waals surface area contributed by atoms with Gasteiger partial charge in [-0.2, -0.15) is 0 Å². The SMILES string of the molecule is Cc1cc(-c2cccc(P)c2-c2cc(C)cc(C(C)(C)C)c2O)c(O)c(C(C)(C)C)c1. The predicted molar refractivity (Wildman–Crippen MR) is 137 cm³/mol. The van der Waals surface area contributed by atoms with Gasteiger partial charge in [0.1, 0.15) is 11.5 Å². The Morgan fingerprint density at radius 3 is 1.58 bits per heavy atom. The predicted octanol–water partition coefficient (Wildman–Crippen LogP) is 7.14. The molecular weight excluding hydrogens is 399 g/mol. The van der Waals surface area contributed by atoms with Crippen LogP contribution in [-0.4, -0.2) is 10.2 Å². The van der Waals surface area contributed by atoms with Crippen LogP contribution in [0.15, 0.2) is 42.5 Å². The minimum absolute atomic E-state index is 0.186. The minimum Gasteiger partial charge on any atom is -0.507 e. The molecule has 3 heteroatoms. The first-order valence-electron chi connectivity index (χ1n) is 10.8. The highest BCUT2D eigenvalue weighted by Gasteiger charge is 2.26. The van der Waals surface area contributed by atoms with E-state index in [0.29, 0.717) is 11.5 Å². The third-order valence-electron chi connectivity index (χ3n) is 5.78. The number of rotatable bonds is 2. The van der Waals surface area contributed by atoms with Crippen LogP contribution >= 0.6 is 9.24 Å². The fraction of sp³-hybridized carbons (Fsp3) is 0.357. The molecule has 0 aliphatic carbocycles. The maximum Gasteiger partial charge on any atom is 0.127 e. The summed E-state index contributed by atoms with van der Waals surface area (Å²) in [5, 5.41) is 23.6. The van der Waals surface area contributed by atoms with Gasteiger partial charge in [0.25, 0.3) is 0 Å². The van der Waals surface area contributed by atoms with E-state index in [9.17, 15) is 10.2 Å². The van der Waals surface area contributed by atoms with Crippen LogP contribution < -0.4 is 5.30 Å². The normalized spacial score (nSPS) is 12.3. The summed E-state index contributed by atoms with van der Waals surface area (Å²) in [6, 6.07) is 14.2. The summed E-state index contributed by atoms with van der Waals surface area (Å²) in [5.41, 5.74) is 7.10. The highest BCUT2D eigenvalue weighted by molar-refractivity contribution is 7.28. The standard InChI is InChI=1S/C28H35O2P/c1-16-12-19(25(29)21(14-16)27(3,4)5)18-10-9-11-23(31)24(18)20-13-17(2)15-22(26(20)30)28(6,7)8/h9-15,29-30H,31H2,1-8H3. The van der Waals surface area contributed by atoms with Gasteiger partial charge in [0.2, 0.25) is 0 Å². The van der Waals surface area contributed by atoms with Crippen LogP contribution in [0, 0.1) is 13.8 Å². The summed E-state index contributed by atoms with van der Waals surface area (Å²) in [6.07, 6.45) is 0. The van der Waals surface area contributed by atoms with E-state index in [2.05, 4.69) is 76.8 Å². The molecule has 1 unspecified atom stereocenters. The molecular formula is C28H35O2P. The van der Waals surface area contributed by atoms with Crippen molar-refractivity contribution in [3.05, 3.63) is 64.7 Å². The van der Waals surface area contributed by atoms with Crippen molar-refractivity contribution in [3.63, 3.8) is 0 Å². The second kappa shape index (κ2) is 7.99. The summed E-state index contributed by atoms with van der Waals surface area (Å²) >= 11 is 0. The van der Waals surface area contributed by atoms with Gasteiger partial charge in [-0.05, 0) is 58.8 Å². The quantitative estimate of drug-likeness (QED) is 0.421. The van der Waals surface area contributed by atoms with Gasteiger partial charge in [-0.15, -0.1) is 9.24 Å². The molecule has 0 saturated heterocycles. The molecule has 2 N–H and O–H groups in total. The average Bonchev–Trinajstić information content (AvgIpc) is 2.63. The fourth-order valence-corrected chi connectivity index (χ4v) is 4.61. The summed E-state index contributed by atoms with van der Waals surface area (Å²) < 4.78 is 0. The van der Waals surface area contributed by atoms with E-state index in [1.807, 2.05) is 30.3 Å². The number of phenols is 2. The van der Waals surface area contributed by atoms with Crippen molar-refractivity contribution in [3.8, 4) is 33.8 Å². The Morgan fingerprint density at radius 1 is 0.645 bits per heavy atom. The van der Waals surface area contributed by atoms with Crippen LogP contribution in [0.3, 0.4) is 0 Å². The van der Waals surface area contributed by atoms with Crippen molar-refractivity contribution in [2.45, 2.75) is 66.2 Å². The number of phenolic OH excluding ortho intramolecular Hbond substituents is 2. The molecule has 0 amide bonds. The number of aromatic hydroxyl groups is 2. The molecule has 164 valence electrons. The van der Waals surface area contributed by atoms with E-state index in [0.717, 1.165) is 49.8 Å². The van der Waals surface area contributed by atoms with Crippen LogP contribution in [0.1, 0.15) is 63.8 Å². The first-order valence-corrected chi connectivity index (χ1v) is 11.4. The lowest BCUT2D eigenvalue weighted by Gasteiger charge is -2.26. The highest BCUT2D eigenvalue weighted by Crippen LogP contribution is 2.46. The Hall–Kier alpha value is -2.31. The molecule has 3 aromatic rings. The number of aryl methyl sites for hydroxylation is 2. The van der Waals surface area contributed by atoms with Crippen molar-refractivity contribution in [2.75, 3.05) is 0 Å². The van der Waals surface area contributed by atoms with E-state index in [4.69, 9.17) is 0 Å². The zero-order valence-corrected chi connectivity index (χ0v) is 21.2. The molecule has 0 aliphatic rings. The molecule has 3 aromatic carbocycles. The maximum atomic E-state index is 11.3. The van der Waals surface area contributed by atoms with E-state index in [1.54, 1.807) is 0 Å². The van der Waals surface area contributed by atoms with Gasteiger partial charge in [-0.3, -0.25) is 0 Å². The van der Waals surface area contributed by atoms with Crippen molar-refractivity contribution in [1.82, 2.24) is 0 Å². The Morgan fingerprint density at radius 2 is 1.10 bits per heavy atom. The molecule has 31 heavy (non-hydrogen) atoms. The molecule has 0 saturated carbocycles. The van der Waals surface area contributed by atoms with Gasteiger partial charge in [0.15, 0.2) is 0 Å². The molecule has 1 atom stereocenters. The summed E-state index contributed by atoms with van der Waals surface area (Å²) in [7, 11) is 2.80. The molecule has 0 bridgehead atoms. The van der Waals surface area contributed by atoms with Gasteiger partial charge in [-0.1, -0.05) is 71.9 Å². The Bertz CT molecular complexity index is 1150. The maximum absolute atomic E-state index is 11.3. The molecule has 2 nitrogen and oxygen atoms in total. The monoisotopic (exact) mass is 434 g/mol. The van der Waals surface area contributed by atoms with Crippen LogP contribution in [0.25, 0.3) is 22.3 Å². The van der Waals surface area contributed by atoms with E-state index in [1.165, 1.54) is 0 Å². The lowest BCUT2D eigenvalue weighted by atomic mass is 9.80. The largest absolute Gasteiger partial charge is 0.507 e. The molecule has 0 aromatic heterocycles. The first kappa shape index (κ1) is 23.4. The van der Waals surface area contributed by atoms with Crippen molar-refractivity contribution >= 4 is 14.5 Å². The molecule has 3 rings (SSSR count). The first-order chi connectivity index (χ1) is 14.2. The van der Waals surface area contributed by atoms with Crippen LogP contribution in [0.5, 0.6) is 11.5 Å². The van der Waals surface area contributed by atoms with Gasteiger partial charge in [0.05, 0.1) is 0 Å². The molecule has 0 radical (unpaired) electrons. The zero-order chi connectivity index (χ0) is 23.3. The Balaban J connectivity index is 2.41. The molecule has 0 aliphatic heterocycles. The average molecular weight is 435 g/mol. The lowest BCUT2D eigenvalue weighted by Crippen LogP contribution is -2.13. The minimum atomic E-state index is -0.189. The molecule has 0 heterocycles. The number of hydrogen-bond donors (Lipinski definition) is 2. The fourth-order valence-electron chi connectivity index (χ4n) is 4.19. The second-order valence-corrected chi connectivity index (χ2v) is 11.3. The topological polar surface area (TPSA) is 40.5 Å². The van der Waals surface area contributed by atoms with E-state index >= 15 is 0 Å².